The Bertz CT molecular complexity index is 627. The molecule has 3 rings (SSSR count). The summed E-state index contributed by atoms with van der Waals surface area (Å²) in [6, 6.07) is 3.85. The minimum absolute atomic E-state index is 0.286. The average Bonchev–Trinajstić information content (AvgIpc) is 3.09. The van der Waals surface area contributed by atoms with Crippen molar-refractivity contribution < 1.29 is 14.3 Å². The lowest BCUT2D eigenvalue weighted by atomic mass is 10.1. The molecule has 0 amide bonds. The van der Waals surface area contributed by atoms with Crippen LogP contribution in [0.4, 0.5) is 0 Å². The van der Waals surface area contributed by atoms with E-state index in [2.05, 4.69) is 26.1 Å². The molecule has 1 saturated heterocycles. The van der Waals surface area contributed by atoms with Gasteiger partial charge in [-0.3, -0.25) is 9.69 Å². The maximum absolute atomic E-state index is 10.9. The van der Waals surface area contributed by atoms with Crippen molar-refractivity contribution >= 4 is 33.2 Å². The van der Waals surface area contributed by atoms with Crippen LogP contribution in [0.2, 0.25) is 0 Å². The normalized spacial score (nSPS) is 19.6. The fraction of sp³-hybridized carbons (Fsp3) is 0.417. The lowest BCUT2D eigenvalue weighted by molar-refractivity contribution is -0.141. The van der Waals surface area contributed by atoms with Crippen LogP contribution in [0.1, 0.15) is 12.3 Å². The van der Waals surface area contributed by atoms with Gasteiger partial charge >= 0.3 is 5.97 Å². The van der Waals surface area contributed by atoms with Crippen LogP contribution in [0, 0.1) is 5.92 Å². The second kappa shape index (κ2) is 5.63. The van der Waals surface area contributed by atoms with Gasteiger partial charge in [-0.05, 0) is 41.0 Å². The van der Waals surface area contributed by atoms with Crippen molar-refractivity contribution in [1.82, 2.24) is 15.1 Å². The molecule has 1 aliphatic rings. The van der Waals surface area contributed by atoms with E-state index in [0.717, 1.165) is 15.2 Å². The topological polar surface area (TPSA) is 79.5 Å². The molecule has 0 aliphatic carbocycles. The van der Waals surface area contributed by atoms with E-state index < -0.39 is 5.97 Å². The highest BCUT2D eigenvalue weighted by molar-refractivity contribution is 9.11. The number of halogens is 1. The highest BCUT2D eigenvalue weighted by Crippen LogP contribution is 2.30. The summed E-state index contributed by atoms with van der Waals surface area (Å²) >= 11 is 4.92. The van der Waals surface area contributed by atoms with E-state index in [1.54, 1.807) is 0 Å². The van der Waals surface area contributed by atoms with Crippen LogP contribution in [-0.4, -0.2) is 39.3 Å². The first-order valence-corrected chi connectivity index (χ1v) is 7.76. The van der Waals surface area contributed by atoms with E-state index in [9.17, 15) is 4.79 Å². The molecule has 1 atom stereocenters. The summed E-state index contributed by atoms with van der Waals surface area (Å²) in [7, 11) is 0. The van der Waals surface area contributed by atoms with Crippen LogP contribution in [0.25, 0.3) is 10.8 Å². The van der Waals surface area contributed by atoms with Crippen molar-refractivity contribution in [3.05, 3.63) is 21.8 Å². The second-order valence-electron chi connectivity index (χ2n) is 4.66. The van der Waals surface area contributed by atoms with Crippen molar-refractivity contribution in [2.75, 3.05) is 13.1 Å². The van der Waals surface area contributed by atoms with E-state index in [-0.39, 0.29) is 5.92 Å². The third-order valence-electron chi connectivity index (χ3n) is 3.23. The van der Waals surface area contributed by atoms with Crippen LogP contribution in [0.15, 0.2) is 20.3 Å². The van der Waals surface area contributed by atoms with Gasteiger partial charge in [0, 0.05) is 6.54 Å². The number of rotatable bonds is 4. The monoisotopic (exact) mass is 357 g/mol. The zero-order valence-corrected chi connectivity index (χ0v) is 12.9. The fourth-order valence-corrected chi connectivity index (χ4v) is 3.52. The number of hydrogen-bond donors (Lipinski definition) is 1. The van der Waals surface area contributed by atoms with Gasteiger partial charge < -0.3 is 9.52 Å². The van der Waals surface area contributed by atoms with Gasteiger partial charge in [0.2, 0.25) is 5.89 Å². The zero-order valence-electron chi connectivity index (χ0n) is 10.5. The Morgan fingerprint density at radius 3 is 3.05 bits per heavy atom. The molecule has 6 nitrogen and oxygen atoms in total. The third kappa shape index (κ3) is 2.92. The SMILES string of the molecule is O=C(O)C1CCN(Cc2nnc(-c3ccc(Br)s3)o2)C1. The van der Waals surface area contributed by atoms with Gasteiger partial charge in [0.05, 0.1) is 21.1 Å². The summed E-state index contributed by atoms with van der Waals surface area (Å²) in [6.07, 6.45) is 0.675. The predicted molar refractivity (Wildman–Crippen MR) is 76.3 cm³/mol. The van der Waals surface area contributed by atoms with Gasteiger partial charge in [-0.15, -0.1) is 21.5 Å². The fourth-order valence-electron chi connectivity index (χ4n) is 2.22. The summed E-state index contributed by atoms with van der Waals surface area (Å²) in [6.45, 7) is 1.79. The minimum atomic E-state index is -0.734. The smallest absolute Gasteiger partial charge is 0.307 e. The predicted octanol–water partition coefficient (Wildman–Crippen LogP) is 2.47. The van der Waals surface area contributed by atoms with E-state index in [4.69, 9.17) is 9.52 Å². The quantitative estimate of drug-likeness (QED) is 0.905. The summed E-state index contributed by atoms with van der Waals surface area (Å²) in [5, 5.41) is 17.0. The molecule has 0 bridgehead atoms. The summed E-state index contributed by atoms with van der Waals surface area (Å²) in [5.41, 5.74) is 0. The zero-order chi connectivity index (χ0) is 14.1. The Kier molecular flexibility index (Phi) is 3.86. The number of thiophene rings is 1. The number of aliphatic carboxylic acids is 1. The van der Waals surface area contributed by atoms with Gasteiger partial charge in [0.15, 0.2) is 0 Å². The Balaban J connectivity index is 1.65. The first kappa shape index (κ1) is 13.7. The molecule has 3 heterocycles. The van der Waals surface area contributed by atoms with Gasteiger partial charge in [-0.1, -0.05) is 0 Å². The van der Waals surface area contributed by atoms with Gasteiger partial charge in [0.25, 0.3) is 5.89 Å². The molecule has 0 radical (unpaired) electrons. The van der Waals surface area contributed by atoms with Crippen molar-refractivity contribution in [2.45, 2.75) is 13.0 Å². The van der Waals surface area contributed by atoms with Crippen LogP contribution >= 0.6 is 27.3 Å². The number of nitrogens with zero attached hydrogens (tertiary/aromatic N) is 3. The van der Waals surface area contributed by atoms with Gasteiger partial charge in [-0.2, -0.15) is 0 Å². The molecular formula is C12H12BrN3O3S. The molecule has 8 heteroatoms. The highest BCUT2D eigenvalue weighted by atomic mass is 79.9. The van der Waals surface area contributed by atoms with E-state index in [1.165, 1.54) is 11.3 Å². The molecule has 0 aromatic carbocycles. The van der Waals surface area contributed by atoms with Crippen molar-refractivity contribution in [1.29, 1.82) is 0 Å². The first-order chi connectivity index (χ1) is 9.61. The summed E-state index contributed by atoms with van der Waals surface area (Å²) < 4.78 is 6.63. The Morgan fingerprint density at radius 2 is 2.40 bits per heavy atom. The molecule has 2 aromatic rings. The van der Waals surface area contributed by atoms with E-state index in [0.29, 0.717) is 31.3 Å². The molecule has 0 spiro atoms. The van der Waals surface area contributed by atoms with E-state index >= 15 is 0 Å². The van der Waals surface area contributed by atoms with Crippen LogP contribution < -0.4 is 0 Å². The molecule has 1 fully saturated rings. The summed E-state index contributed by atoms with van der Waals surface area (Å²) in [4.78, 5) is 13.9. The molecular weight excluding hydrogens is 346 g/mol. The number of carboxylic acid groups (broad SMARTS) is 1. The molecule has 2 aromatic heterocycles. The molecule has 1 unspecified atom stereocenters. The number of hydrogen-bond acceptors (Lipinski definition) is 6. The maximum atomic E-state index is 10.9. The Morgan fingerprint density at radius 1 is 1.55 bits per heavy atom. The van der Waals surface area contributed by atoms with Gasteiger partial charge in [0.1, 0.15) is 0 Å². The Labute approximate surface area is 127 Å². The lowest BCUT2D eigenvalue weighted by Crippen LogP contribution is -2.22. The van der Waals surface area contributed by atoms with Gasteiger partial charge in [-0.25, -0.2) is 0 Å². The van der Waals surface area contributed by atoms with Crippen LogP contribution in [-0.2, 0) is 11.3 Å². The van der Waals surface area contributed by atoms with Crippen LogP contribution in [0.5, 0.6) is 0 Å². The molecule has 0 saturated carbocycles. The average molecular weight is 358 g/mol. The standard InChI is InChI=1S/C12H12BrN3O3S/c13-9-2-1-8(20-9)11-15-14-10(19-11)6-16-4-3-7(5-16)12(17)18/h1-2,7H,3-6H2,(H,17,18). The summed E-state index contributed by atoms with van der Waals surface area (Å²) in [5.74, 6) is 0.00744. The second-order valence-corrected chi connectivity index (χ2v) is 7.13. The van der Waals surface area contributed by atoms with Crippen molar-refractivity contribution in [3.63, 3.8) is 0 Å². The maximum Gasteiger partial charge on any atom is 0.307 e. The molecule has 20 heavy (non-hydrogen) atoms. The molecule has 106 valence electrons. The molecule has 1 aliphatic heterocycles. The number of carboxylic acids is 1. The first-order valence-electron chi connectivity index (χ1n) is 6.15. The number of aromatic nitrogens is 2. The van der Waals surface area contributed by atoms with E-state index in [1.807, 2.05) is 17.0 Å². The number of carbonyl (C=O) groups is 1. The number of likely N-dealkylation sites (tertiary alicyclic amines) is 1. The van der Waals surface area contributed by atoms with Crippen LogP contribution in [0.3, 0.4) is 0 Å². The molecule has 1 N–H and O–H groups in total. The van der Waals surface area contributed by atoms with Crippen molar-refractivity contribution in [2.24, 2.45) is 5.92 Å². The highest BCUT2D eigenvalue weighted by Gasteiger charge is 2.28. The Hall–Kier alpha value is -1.25. The van der Waals surface area contributed by atoms with Crippen molar-refractivity contribution in [3.8, 4) is 10.8 Å². The largest absolute Gasteiger partial charge is 0.481 e. The third-order valence-corrected chi connectivity index (χ3v) is 4.84. The lowest BCUT2D eigenvalue weighted by Gasteiger charge is -2.11. The minimum Gasteiger partial charge on any atom is -0.481 e.